The first-order chi connectivity index (χ1) is 7.74. The van der Waals surface area contributed by atoms with Crippen LogP contribution in [0, 0.1) is 6.92 Å². The van der Waals surface area contributed by atoms with Crippen LogP contribution in [0.3, 0.4) is 0 Å². The summed E-state index contributed by atoms with van der Waals surface area (Å²) in [4.78, 5) is 4.65. The number of aromatic nitrogens is 2. The van der Waals surface area contributed by atoms with Gasteiger partial charge in [-0.15, -0.1) is 0 Å². The minimum atomic E-state index is 0.999. The first-order valence-electron chi connectivity index (χ1n) is 5.45. The van der Waals surface area contributed by atoms with Crippen molar-refractivity contribution in [2.24, 2.45) is 7.05 Å². The summed E-state index contributed by atoms with van der Waals surface area (Å²) in [5.74, 6) is 0.999. The highest BCUT2D eigenvalue weighted by Crippen LogP contribution is 2.22. The van der Waals surface area contributed by atoms with Crippen molar-refractivity contribution in [3.05, 3.63) is 47.9 Å². The summed E-state index contributed by atoms with van der Waals surface area (Å²) >= 11 is 0. The van der Waals surface area contributed by atoms with Crippen LogP contribution in [0.5, 0.6) is 0 Å². The largest absolute Gasteiger partial charge is 0.331 e. The van der Waals surface area contributed by atoms with Crippen molar-refractivity contribution in [1.29, 1.82) is 0 Å². The van der Waals surface area contributed by atoms with Gasteiger partial charge in [-0.1, -0.05) is 36.4 Å². The molecule has 0 bridgehead atoms. The Kier molecular flexibility index (Phi) is 2.91. The predicted molar refractivity (Wildman–Crippen MR) is 68.1 cm³/mol. The third kappa shape index (κ3) is 1.78. The number of hydrogen-bond donors (Lipinski definition) is 0. The van der Waals surface area contributed by atoms with Gasteiger partial charge in [0.25, 0.3) is 0 Å². The molecule has 0 unspecified atom stereocenters. The lowest BCUT2D eigenvalue weighted by Crippen LogP contribution is -1.93. The normalized spacial score (nSPS) is 11.2. The van der Waals surface area contributed by atoms with E-state index >= 15 is 0 Å². The Balaban J connectivity index is 2.55. The van der Waals surface area contributed by atoms with Gasteiger partial charge in [-0.2, -0.15) is 0 Å². The highest BCUT2D eigenvalue weighted by molar-refractivity contribution is 5.64. The average molecular weight is 212 g/mol. The molecule has 0 aliphatic heterocycles. The molecule has 0 saturated carbocycles. The topological polar surface area (TPSA) is 17.8 Å². The summed E-state index contributed by atoms with van der Waals surface area (Å²) in [7, 11) is 2.05. The van der Waals surface area contributed by atoms with Crippen LogP contribution >= 0.6 is 0 Å². The van der Waals surface area contributed by atoms with E-state index in [0.29, 0.717) is 0 Å². The second kappa shape index (κ2) is 4.35. The smallest absolute Gasteiger partial charge is 0.132 e. The fourth-order valence-corrected chi connectivity index (χ4v) is 1.77. The molecule has 0 spiro atoms. The number of imidazole rings is 1. The van der Waals surface area contributed by atoms with Crippen molar-refractivity contribution in [2.45, 2.75) is 13.8 Å². The lowest BCUT2D eigenvalue weighted by atomic mass is 10.1. The Morgan fingerprint density at radius 1 is 1.19 bits per heavy atom. The molecule has 0 aliphatic carbocycles. The molecule has 0 N–H and O–H groups in total. The molecular formula is C14H16N2. The van der Waals surface area contributed by atoms with Crippen molar-refractivity contribution in [3.63, 3.8) is 0 Å². The van der Waals surface area contributed by atoms with Crippen LogP contribution in [0.4, 0.5) is 0 Å². The number of benzene rings is 1. The Hall–Kier alpha value is -1.83. The molecule has 1 aromatic carbocycles. The van der Waals surface area contributed by atoms with E-state index < -0.39 is 0 Å². The van der Waals surface area contributed by atoms with Crippen LogP contribution in [0.15, 0.2) is 36.4 Å². The van der Waals surface area contributed by atoms with Gasteiger partial charge < -0.3 is 4.57 Å². The molecule has 2 rings (SSSR count). The van der Waals surface area contributed by atoms with E-state index in [2.05, 4.69) is 28.6 Å². The molecule has 82 valence electrons. The van der Waals surface area contributed by atoms with Gasteiger partial charge in [-0.3, -0.25) is 0 Å². The van der Waals surface area contributed by atoms with Gasteiger partial charge in [0.15, 0.2) is 0 Å². The molecule has 1 aromatic heterocycles. The molecular weight excluding hydrogens is 196 g/mol. The second-order valence-electron chi connectivity index (χ2n) is 3.83. The monoisotopic (exact) mass is 212 g/mol. The maximum absolute atomic E-state index is 4.65. The van der Waals surface area contributed by atoms with Gasteiger partial charge in [0.05, 0.1) is 5.69 Å². The minimum Gasteiger partial charge on any atom is -0.331 e. The summed E-state index contributed by atoms with van der Waals surface area (Å²) in [6, 6.07) is 10.3. The Morgan fingerprint density at radius 3 is 2.50 bits per heavy atom. The quantitative estimate of drug-likeness (QED) is 0.745. The van der Waals surface area contributed by atoms with E-state index in [1.54, 1.807) is 0 Å². The number of rotatable bonds is 2. The summed E-state index contributed by atoms with van der Waals surface area (Å²) in [6.07, 6.45) is 4.04. The predicted octanol–water partition coefficient (Wildman–Crippen LogP) is 3.43. The fourth-order valence-electron chi connectivity index (χ4n) is 1.77. The third-order valence-electron chi connectivity index (χ3n) is 2.78. The molecule has 2 heteroatoms. The molecule has 16 heavy (non-hydrogen) atoms. The van der Waals surface area contributed by atoms with Crippen molar-refractivity contribution >= 4 is 6.08 Å². The van der Waals surface area contributed by atoms with Crippen LogP contribution in [0.1, 0.15) is 18.4 Å². The summed E-state index contributed by atoms with van der Waals surface area (Å²) in [5.41, 5.74) is 3.43. The van der Waals surface area contributed by atoms with E-state index in [1.807, 2.05) is 44.3 Å². The molecule has 0 fully saturated rings. The Labute approximate surface area is 96.3 Å². The number of allylic oxidation sites excluding steroid dienone is 1. The van der Waals surface area contributed by atoms with Crippen molar-refractivity contribution < 1.29 is 0 Å². The number of hydrogen-bond acceptors (Lipinski definition) is 1. The standard InChI is InChI=1S/C14H16N2/c1-4-8-13-15-14(11(2)16(13)3)12-9-6-5-7-10-12/h4-10H,1-3H3/b8-4-. The zero-order valence-electron chi connectivity index (χ0n) is 9.94. The van der Waals surface area contributed by atoms with E-state index in [0.717, 1.165) is 11.5 Å². The van der Waals surface area contributed by atoms with E-state index in [4.69, 9.17) is 0 Å². The maximum atomic E-state index is 4.65. The van der Waals surface area contributed by atoms with E-state index in [-0.39, 0.29) is 0 Å². The van der Waals surface area contributed by atoms with Crippen LogP contribution in [0.2, 0.25) is 0 Å². The third-order valence-corrected chi connectivity index (χ3v) is 2.78. The summed E-state index contributed by atoms with van der Waals surface area (Å²) in [6.45, 7) is 4.11. The first-order valence-corrected chi connectivity index (χ1v) is 5.45. The highest BCUT2D eigenvalue weighted by atomic mass is 15.1. The van der Waals surface area contributed by atoms with Crippen LogP contribution < -0.4 is 0 Å². The van der Waals surface area contributed by atoms with Crippen molar-refractivity contribution in [2.75, 3.05) is 0 Å². The van der Waals surface area contributed by atoms with E-state index in [1.165, 1.54) is 11.3 Å². The lowest BCUT2D eigenvalue weighted by Gasteiger charge is -1.99. The fraction of sp³-hybridized carbons (Fsp3) is 0.214. The molecule has 0 amide bonds. The SMILES string of the molecule is C/C=C\c1nc(-c2ccccc2)c(C)n1C. The van der Waals surface area contributed by atoms with Crippen molar-refractivity contribution in [1.82, 2.24) is 9.55 Å². The van der Waals surface area contributed by atoms with Crippen LogP contribution in [0.25, 0.3) is 17.3 Å². The Bertz CT molecular complexity index is 507. The van der Waals surface area contributed by atoms with Crippen LogP contribution in [-0.4, -0.2) is 9.55 Å². The van der Waals surface area contributed by atoms with Crippen LogP contribution in [-0.2, 0) is 7.05 Å². The lowest BCUT2D eigenvalue weighted by molar-refractivity contribution is 0.860. The van der Waals surface area contributed by atoms with Gasteiger partial charge in [0, 0.05) is 18.3 Å². The van der Waals surface area contributed by atoms with Gasteiger partial charge >= 0.3 is 0 Å². The number of nitrogens with zero attached hydrogens (tertiary/aromatic N) is 2. The molecule has 0 saturated heterocycles. The molecule has 2 nitrogen and oxygen atoms in total. The zero-order chi connectivity index (χ0) is 11.5. The van der Waals surface area contributed by atoms with Gasteiger partial charge in [0.1, 0.15) is 5.82 Å². The maximum Gasteiger partial charge on any atom is 0.132 e. The highest BCUT2D eigenvalue weighted by Gasteiger charge is 2.10. The summed E-state index contributed by atoms with van der Waals surface area (Å²) < 4.78 is 2.11. The molecule has 0 aliphatic rings. The second-order valence-corrected chi connectivity index (χ2v) is 3.83. The van der Waals surface area contributed by atoms with Gasteiger partial charge in [-0.05, 0) is 19.9 Å². The first kappa shape index (κ1) is 10.7. The zero-order valence-corrected chi connectivity index (χ0v) is 9.94. The summed E-state index contributed by atoms with van der Waals surface area (Å²) in [5, 5.41) is 0. The van der Waals surface area contributed by atoms with Gasteiger partial charge in [-0.25, -0.2) is 4.98 Å². The van der Waals surface area contributed by atoms with Crippen molar-refractivity contribution in [3.8, 4) is 11.3 Å². The average Bonchev–Trinajstić information content (AvgIpc) is 2.59. The van der Waals surface area contributed by atoms with Gasteiger partial charge in [0.2, 0.25) is 0 Å². The molecule has 2 aromatic rings. The molecule has 0 radical (unpaired) electrons. The molecule has 1 heterocycles. The Morgan fingerprint density at radius 2 is 1.88 bits per heavy atom. The molecule has 0 atom stereocenters. The minimum absolute atomic E-state index is 0.999. The van der Waals surface area contributed by atoms with E-state index in [9.17, 15) is 0 Å².